The van der Waals surface area contributed by atoms with Gasteiger partial charge < -0.3 is 30.5 Å². The van der Waals surface area contributed by atoms with E-state index in [1.165, 1.54) is 0 Å². The Hall–Kier alpha value is -0.0500. The molecule has 6 N–H and O–H groups in total. The van der Waals surface area contributed by atoms with Crippen LogP contribution in [-0.4, -0.2) is 51.1 Å². The van der Waals surface area contributed by atoms with E-state index in [1.807, 2.05) is 0 Å². The van der Waals surface area contributed by atoms with Gasteiger partial charge in [-0.1, -0.05) is 0 Å². The molecule has 4 atom stereocenters. The maximum Gasteiger partial charge on any atom is 0.469 e. The fraction of sp³-hybridized carbons (Fsp3) is 1.00. The minimum absolute atomic E-state index is 0.532. The molecule has 0 bridgehead atoms. The second kappa shape index (κ2) is 4.21. The van der Waals surface area contributed by atoms with Crippen molar-refractivity contribution in [2.24, 2.45) is 5.73 Å². The van der Waals surface area contributed by atoms with E-state index in [4.69, 9.17) is 25.4 Å². The summed E-state index contributed by atoms with van der Waals surface area (Å²) in [5.41, 5.74) is 5.22. The summed E-state index contributed by atoms with van der Waals surface area (Å²) in [7, 11) is -4.60. The Kier molecular flexibility index (Phi) is 3.62. The molecule has 84 valence electrons. The molecule has 0 saturated carbocycles. The Morgan fingerprint density at radius 2 is 1.93 bits per heavy atom. The molecule has 0 aromatic rings. The lowest BCUT2D eigenvalue weighted by Crippen LogP contribution is -2.37. The van der Waals surface area contributed by atoms with Gasteiger partial charge in [0.1, 0.15) is 24.5 Å². The molecule has 9 heteroatoms. The summed E-state index contributed by atoms with van der Waals surface area (Å²) in [6, 6.07) is 0. The predicted molar refractivity (Wildman–Crippen MR) is 42.9 cm³/mol. The third-order valence-electron chi connectivity index (χ3n) is 1.81. The van der Waals surface area contributed by atoms with Gasteiger partial charge in [-0.2, -0.15) is 0 Å². The fourth-order valence-corrected chi connectivity index (χ4v) is 1.43. The highest BCUT2D eigenvalue weighted by atomic mass is 31.2. The maximum absolute atomic E-state index is 10.3. The van der Waals surface area contributed by atoms with Crippen molar-refractivity contribution in [3.05, 3.63) is 0 Å². The molecular formula is C5H12NO7P. The lowest BCUT2D eigenvalue weighted by molar-refractivity contribution is -0.0197. The van der Waals surface area contributed by atoms with Gasteiger partial charge in [-0.3, -0.25) is 4.52 Å². The average molecular weight is 229 g/mol. The molecule has 0 aliphatic carbocycles. The molecule has 0 spiro atoms. The second-order valence-corrected chi connectivity index (χ2v) is 4.15. The molecule has 1 fully saturated rings. The summed E-state index contributed by atoms with van der Waals surface area (Å²) in [5, 5.41) is 18.4. The first kappa shape index (κ1) is 12.0. The fourth-order valence-electron chi connectivity index (χ4n) is 1.09. The largest absolute Gasteiger partial charge is 0.469 e. The van der Waals surface area contributed by atoms with Crippen LogP contribution in [0.4, 0.5) is 0 Å². The van der Waals surface area contributed by atoms with Gasteiger partial charge in [0.05, 0.1) is 6.61 Å². The Morgan fingerprint density at radius 1 is 1.36 bits per heavy atom. The summed E-state index contributed by atoms with van der Waals surface area (Å²) in [5.74, 6) is 0. The van der Waals surface area contributed by atoms with E-state index in [1.54, 1.807) is 0 Å². The van der Waals surface area contributed by atoms with Gasteiger partial charge >= 0.3 is 7.82 Å². The molecule has 14 heavy (non-hydrogen) atoms. The molecule has 1 heterocycles. The van der Waals surface area contributed by atoms with Crippen LogP contribution in [0.2, 0.25) is 0 Å². The average Bonchev–Trinajstić information content (AvgIpc) is 2.28. The number of nitrogens with two attached hydrogens (primary N) is 1. The Bertz CT molecular complexity index is 242. The standard InChI is InChI=1S/C5H12NO7P/c6-5-4(8)3(7)2(13-5)1-12-14(9,10)11/h2-5,7-8H,1,6H2,(H2,9,10,11)/t2-,3+,4-,5+/m0/s1. The van der Waals surface area contributed by atoms with Crippen molar-refractivity contribution in [2.45, 2.75) is 24.5 Å². The highest BCUT2D eigenvalue weighted by Crippen LogP contribution is 2.36. The van der Waals surface area contributed by atoms with E-state index in [2.05, 4.69) is 4.52 Å². The number of aliphatic hydroxyl groups excluding tert-OH is 2. The van der Waals surface area contributed by atoms with Crippen molar-refractivity contribution in [3.8, 4) is 0 Å². The van der Waals surface area contributed by atoms with Crippen LogP contribution in [0, 0.1) is 0 Å². The SMILES string of the molecule is N[C@@H]1O[C@@H](COP(=O)(O)O)[C@@H](O)[C@@H]1O. The van der Waals surface area contributed by atoms with Crippen LogP contribution in [0.5, 0.6) is 0 Å². The van der Waals surface area contributed by atoms with Crippen molar-refractivity contribution < 1.29 is 33.8 Å². The molecule has 0 aromatic heterocycles. The van der Waals surface area contributed by atoms with Crippen LogP contribution in [0.3, 0.4) is 0 Å². The molecule has 8 nitrogen and oxygen atoms in total. The normalized spacial score (nSPS) is 38.9. The number of ether oxygens (including phenoxy) is 1. The number of phosphoric ester groups is 1. The van der Waals surface area contributed by atoms with Gasteiger partial charge in [-0.05, 0) is 0 Å². The molecule has 0 aromatic carbocycles. The van der Waals surface area contributed by atoms with Gasteiger partial charge in [-0.25, -0.2) is 4.57 Å². The van der Waals surface area contributed by atoms with Crippen molar-refractivity contribution in [2.75, 3.05) is 6.61 Å². The van der Waals surface area contributed by atoms with Gasteiger partial charge in [-0.15, -0.1) is 0 Å². The third-order valence-corrected chi connectivity index (χ3v) is 2.29. The van der Waals surface area contributed by atoms with Gasteiger partial charge in [0, 0.05) is 0 Å². The van der Waals surface area contributed by atoms with E-state index in [0.717, 1.165) is 0 Å². The van der Waals surface area contributed by atoms with Crippen LogP contribution in [-0.2, 0) is 13.8 Å². The number of rotatable bonds is 3. The van der Waals surface area contributed by atoms with Gasteiger partial charge in [0.25, 0.3) is 0 Å². The van der Waals surface area contributed by atoms with Crippen LogP contribution in [0.15, 0.2) is 0 Å². The molecule has 1 aliphatic heterocycles. The minimum atomic E-state index is -4.60. The molecule has 0 radical (unpaired) electrons. The zero-order valence-corrected chi connectivity index (χ0v) is 7.95. The quantitative estimate of drug-likeness (QED) is 0.334. The highest BCUT2D eigenvalue weighted by molar-refractivity contribution is 7.46. The minimum Gasteiger partial charge on any atom is -0.387 e. The van der Waals surface area contributed by atoms with Gasteiger partial charge in [0.15, 0.2) is 0 Å². The van der Waals surface area contributed by atoms with E-state index < -0.39 is 39.0 Å². The van der Waals surface area contributed by atoms with Crippen LogP contribution in [0.1, 0.15) is 0 Å². The number of hydrogen-bond donors (Lipinski definition) is 5. The zero-order valence-electron chi connectivity index (χ0n) is 7.05. The predicted octanol–water partition coefficient (Wildman–Crippen LogP) is -2.50. The van der Waals surface area contributed by atoms with Crippen LogP contribution >= 0.6 is 7.82 Å². The highest BCUT2D eigenvalue weighted by Gasteiger charge is 2.41. The van der Waals surface area contributed by atoms with Crippen LogP contribution < -0.4 is 5.73 Å². The summed E-state index contributed by atoms with van der Waals surface area (Å²) in [4.78, 5) is 16.7. The number of aliphatic hydroxyl groups is 2. The number of hydrogen-bond acceptors (Lipinski definition) is 6. The third kappa shape index (κ3) is 2.97. The molecule has 0 unspecified atom stereocenters. The summed E-state index contributed by atoms with van der Waals surface area (Å²) in [6.07, 6.45) is -4.69. The first-order valence-corrected chi connectivity index (χ1v) is 5.31. The van der Waals surface area contributed by atoms with Crippen molar-refractivity contribution in [3.63, 3.8) is 0 Å². The van der Waals surface area contributed by atoms with Crippen molar-refractivity contribution >= 4 is 7.82 Å². The van der Waals surface area contributed by atoms with E-state index in [-0.39, 0.29) is 0 Å². The second-order valence-electron chi connectivity index (χ2n) is 2.91. The molecule has 0 amide bonds. The lowest BCUT2D eigenvalue weighted by atomic mass is 10.1. The maximum atomic E-state index is 10.3. The van der Waals surface area contributed by atoms with Gasteiger partial charge in [0.2, 0.25) is 0 Å². The Morgan fingerprint density at radius 3 is 2.29 bits per heavy atom. The van der Waals surface area contributed by atoms with Crippen molar-refractivity contribution in [1.29, 1.82) is 0 Å². The molecule has 1 aliphatic rings. The zero-order chi connectivity index (χ0) is 10.9. The smallest absolute Gasteiger partial charge is 0.387 e. The first-order valence-electron chi connectivity index (χ1n) is 3.78. The Balaban J connectivity index is 2.44. The molecule has 1 rings (SSSR count). The summed E-state index contributed by atoms with van der Waals surface area (Å²) in [6.45, 7) is -0.532. The van der Waals surface area contributed by atoms with E-state index in [0.29, 0.717) is 0 Å². The lowest BCUT2D eigenvalue weighted by Gasteiger charge is -2.14. The van der Waals surface area contributed by atoms with Crippen molar-refractivity contribution in [1.82, 2.24) is 0 Å². The number of phosphoric acid groups is 1. The van der Waals surface area contributed by atoms with E-state index in [9.17, 15) is 9.67 Å². The van der Waals surface area contributed by atoms with Crippen LogP contribution in [0.25, 0.3) is 0 Å². The molecule has 1 saturated heterocycles. The first-order chi connectivity index (χ1) is 6.31. The Labute approximate surface area is 79.5 Å². The summed E-state index contributed by atoms with van der Waals surface area (Å²) >= 11 is 0. The van der Waals surface area contributed by atoms with E-state index >= 15 is 0 Å². The molecular weight excluding hydrogens is 217 g/mol. The topological polar surface area (TPSA) is 142 Å². The summed E-state index contributed by atoms with van der Waals surface area (Å²) < 4.78 is 19.2. The monoisotopic (exact) mass is 229 g/mol.